The van der Waals surface area contributed by atoms with Gasteiger partial charge in [-0.25, -0.2) is 4.39 Å². The van der Waals surface area contributed by atoms with E-state index in [2.05, 4.69) is 23.7 Å². The molecule has 0 saturated carbocycles. The number of aliphatic hydroxyl groups excluding tert-OH is 1. The van der Waals surface area contributed by atoms with E-state index in [1.807, 2.05) is 6.07 Å². The number of nitrogens with zero attached hydrogens (tertiary/aromatic N) is 1. The van der Waals surface area contributed by atoms with Gasteiger partial charge in [-0.05, 0) is 31.0 Å². The molecule has 1 atom stereocenters. The SMILES string of the molecule is CCC1CCN(Cc2ccc(C#CCO)cc2F)C1. The molecule has 0 spiro atoms. The van der Waals surface area contributed by atoms with Crippen molar-refractivity contribution in [3.8, 4) is 11.8 Å². The molecule has 3 heteroatoms. The summed E-state index contributed by atoms with van der Waals surface area (Å²) in [6.07, 6.45) is 2.42. The van der Waals surface area contributed by atoms with Crippen LogP contribution in [0.2, 0.25) is 0 Å². The fraction of sp³-hybridized carbons (Fsp3) is 0.500. The van der Waals surface area contributed by atoms with Crippen LogP contribution in [0.1, 0.15) is 30.9 Å². The molecule has 1 fully saturated rings. The van der Waals surface area contributed by atoms with E-state index in [-0.39, 0.29) is 12.4 Å². The standard InChI is InChI=1S/C16H20FNO/c1-2-13-7-8-18(11-13)12-15-6-5-14(4-3-9-19)10-16(15)17/h5-6,10,13,19H,2,7-9,11-12H2,1H3. The summed E-state index contributed by atoms with van der Waals surface area (Å²) in [6, 6.07) is 5.07. The maximum Gasteiger partial charge on any atom is 0.128 e. The molecule has 1 heterocycles. The van der Waals surface area contributed by atoms with Gasteiger partial charge in [0.2, 0.25) is 0 Å². The highest BCUT2D eigenvalue weighted by Gasteiger charge is 2.21. The van der Waals surface area contributed by atoms with Crippen LogP contribution in [0.15, 0.2) is 18.2 Å². The molecular weight excluding hydrogens is 241 g/mol. The van der Waals surface area contributed by atoms with Gasteiger partial charge in [0.1, 0.15) is 12.4 Å². The third-order valence-electron chi connectivity index (χ3n) is 3.71. The smallest absolute Gasteiger partial charge is 0.128 e. The van der Waals surface area contributed by atoms with E-state index in [4.69, 9.17) is 5.11 Å². The monoisotopic (exact) mass is 261 g/mol. The molecule has 1 unspecified atom stereocenters. The first kappa shape index (κ1) is 14.0. The van der Waals surface area contributed by atoms with Gasteiger partial charge in [-0.2, -0.15) is 0 Å². The van der Waals surface area contributed by atoms with Crippen LogP contribution in [0.3, 0.4) is 0 Å². The molecular formula is C16H20FNO. The van der Waals surface area contributed by atoms with E-state index < -0.39 is 0 Å². The lowest BCUT2D eigenvalue weighted by Crippen LogP contribution is -2.20. The molecule has 1 aromatic carbocycles. The van der Waals surface area contributed by atoms with E-state index >= 15 is 0 Å². The molecule has 1 saturated heterocycles. The number of hydrogen-bond acceptors (Lipinski definition) is 2. The van der Waals surface area contributed by atoms with Crippen molar-refractivity contribution >= 4 is 0 Å². The van der Waals surface area contributed by atoms with E-state index in [0.717, 1.165) is 24.6 Å². The van der Waals surface area contributed by atoms with Crippen LogP contribution in [0.5, 0.6) is 0 Å². The molecule has 102 valence electrons. The third kappa shape index (κ3) is 3.79. The molecule has 19 heavy (non-hydrogen) atoms. The summed E-state index contributed by atoms with van der Waals surface area (Å²) in [7, 11) is 0. The van der Waals surface area contributed by atoms with Crippen molar-refractivity contribution in [2.45, 2.75) is 26.3 Å². The van der Waals surface area contributed by atoms with Crippen LogP contribution in [0, 0.1) is 23.6 Å². The predicted octanol–water partition coefficient (Wildman–Crippen LogP) is 2.40. The zero-order chi connectivity index (χ0) is 13.7. The Kier molecular flexibility index (Phi) is 4.95. The van der Waals surface area contributed by atoms with E-state index in [9.17, 15) is 4.39 Å². The molecule has 0 radical (unpaired) electrons. The zero-order valence-corrected chi connectivity index (χ0v) is 11.3. The Morgan fingerprint density at radius 2 is 2.32 bits per heavy atom. The summed E-state index contributed by atoms with van der Waals surface area (Å²) in [5.74, 6) is 5.80. The fourth-order valence-electron chi connectivity index (χ4n) is 2.53. The second-order valence-electron chi connectivity index (χ2n) is 5.06. The van der Waals surface area contributed by atoms with Crippen LogP contribution in [-0.2, 0) is 6.54 Å². The largest absolute Gasteiger partial charge is 0.384 e. The highest BCUT2D eigenvalue weighted by molar-refractivity contribution is 5.37. The van der Waals surface area contributed by atoms with Crippen molar-refractivity contribution in [3.05, 3.63) is 35.1 Å². The highest BCUT2D eigenvalue weighted by Crippen LogP contribution is 2.22. The summed E-state index contributed by atoms with van der Waals surface area (Å²) >= 11 is 0. The Morgan fingerprint density at radius 3 is 2.95 bits per heavy atom. The van der Waals surface area contributed by atoms with Crippen LogP contribution in [0.4, 0.5) is 4.39 Å². The van der Waals surface area contributed by atoms with Crippen molar-refractivity contribution in [2.75, 3.05) is 19.7 Å². The van der Waals surface area contributed by atoms with Crippen LogP contribution < -0.4 is 0 Å². The van der Waals surface area contributed by atoms with Crippen molar-refractivity contribution in [2.24, 2.45) is 5.92 Å². The minimum absolute atomic E-state index is 0.199. The molecule has 1 aromatic rings. The van der Waals surface area contributed by atoms with E-state index in [1.54, 1.807) is 6.07 Å². The average Bonchev–Trinajstić information content (AvgIpc) is 2.87. The second-order valence-corrected chi connectivity index (χ2v) is 5.06. The van der Waals surface area contributed by atoms with E-state index in [0.29, 0.717) is 12.1 Å². The van der Waals surface area contributed by atoms with Gasteiger partial charge < -0.3 is 5.11 Å². The zero-order valence-electron chi connectivity index (χ0n) is 11.3. The summed E-state index contributed by atoms with van der Waals surface area (Å²) in [6.45, 7) is 4.82. The molecule has 2 rings (SSSR count). The first-order valence-corrected chi connectivity index (χ1v) is 6.83. The van der Waals surface area contributed by atoms with Gasteiger partial charge in [0.05, 0.1) is 0 Å². The van der Waals surface area contributed by atoms with Gasteiger partial charge >= 0.3 is 0 Å². The topological polar surface area (TPSA) is 23.5 Å². The second kappa shape index (κ2) is 6.70. The quantitative estimate of drug-likeness (QED) is 0.845. The number of halogens is 1. The molecule has 0 aromatic heterocycles. The summed E-state index contributed by atoms with van der Waals surface area (Å²) in [5.41, 5.74) is 1.34. The maximum atomic E-state index is 14.0. The van der Waals surface area contributed by atoms with Gasteiger partial charge in [0, 0.05) is 24.2 Å². The Hall–Kier alpha value is -1.37. The van der Waals surface area contributed by atoms with Gasteiger partial charge in [-0.3, -0.25) is 4.90 Å². The molecule has 1 N–H and O–H groups in total. The first-order chi connectivity index (χ1) is 9.22. The van der Waals surface area contributed by atoms with Crippen molar-refractivity contribution in [1.29, 1.82) is 0 Å². The molecule has 0 aliphatic carbocycles. The first-order valence-electron chi connectivity index (χ1n) is 6.83. The van der Waals surface area contributed by atoms with E-state index in [1.165, 1.54) is 18.9 Å². The predicted molar refractivity (Wildman–Crippen MR) is 74.0 cm³/mol. The van der Waals surface area contributed by atoms with Gasteiger partial charge in [0.15, 0.2) is 0 Å². The lowest BCUT2D eigenvalue weighted by Gasteiger charge is -2.16. The number of hydrogen-bond donors (Lipinski definition) is 1. The summed E-state index contributed by atoms with van der Waals surface area (Å²) < 4.78 is 14.0. The maximum absolute atomic E-state index is 14.0. The average molecular weight is 261 g/mol. The fourth-order valence-corrected chi connectivity index (χ4v) is 2.53. The number of aliphatic hydroxyl groups is 1. The molecule has 2 nitrogen and oxygen atoms in total. The number of likely N-dealkylation sites (tertiary alicyclic amines) is 1. The van der Waals surface area contributed by atoms with Gasteiger partial charge in [0.25, 0.3) is 0 Å². The number of rotatable bonds is 3. The minimum Gasteiger partial charge on any atom is -0.384 e. The molecule has 1 aliphatic rings. The Balaban J connectivity index is 2.01. The Labute approximate surface area is 114 Å². The molecule has 0 bridgehead atoms. The van der Waals surface area contributed by atoms with Crippen LogP contribution in [-0.4, -0.2) is 29.7 Å². The Bertz CT molecular complexity index is 489. The lowest BCUT2D eigenvalue weighted by molar-refractivity contribution is 0.310. The van der Waals surface area contributed by atoms with Crippen molar-refractivity contribution < 1.29 is 9.50 Å². The van der Waals surface area contributed by atoms with Gasteiger partial charge in [-0.15, -0.1) is 0 Å². The van der Waals surface area contributed by atoms with Crippen LogP contribution >= 0.6 is 0 Å². The summed E-state index contributed by atoms with van der Waals surface area (Å²) in [5, 5.41) is 8.62. The lowest BCUT2D eigenvalue weighted by atomic mass is 10.1. The normalized spacial score (nSPS) is 19.2. The number of benzene rings is 1. The molecule has 1 aliphatic heterocycles. The molecule has 0 amide bonds. The third-order valence-corrected chi connectivity index (χ3v) is 3.71. The van der Waals surface area contributed by atoms with Crippen LogP contribution in [0.25, 0.3) is 0 Å². The minimum atomic E-state index is -0.204. The van der Waals surface area contributed by atoms with Crippen molar-refractivity contribution in [1.82, 2.24) is 4.90 Å². The van der Waals surface area contributed by atoms with Crippen molar-refractivity contribution in [3.63, 3.8) is 0 Å². The Morgan fingerprint density at radius 1 is 1.47 bits per heavy atom. The summed E-state index contributed by atoms with van der Waals surface area (Å²) in [4.78, 5) is 2.31. The van der Waals surface area contributed by atoms with Gasteiger partial charge in [-0.1, -0.05) is 31.3 Å². The highest BCUT2D eigenvalue weighted by atomic mass is 19.1.